The Bertz CT molecular complexity index is 810. The first kappa shape index (κ1) is 17.1. The maximum absolute atomic E-state index is 6.06. The molecule has 0 atom stereocenters. The van der Waals surface area contributed by atoms with Gasteiger partial charge in [0.2, 0.25) is 0 Å². The van der Waals surface area contributed by atoms with Gasteiger partial charge in [0.05, 0.1) is 18.0 Å². The standard InChI is InChI=1S/C21H25N3O/c1-2-3-4-9-14-25-21-13-8-6-11-17(21)20-15-19(23-24-20)16-10-5-7-12-18(16)22/h5-8,10-13,15H,2-4,9,14,22H2,1H3,(H,23,24). The average Bonchev–Trinajstić information content (AvgIpc) is 3.12. The number of aromatic nitrogens is 2. The summed E-state index contributed by atoms with van der Waals surface area (Å²) in [5, 5.41) is 7.55. The number of nitrogens with zero attached hydrogens (tertiary/aromatic N) is 1. The van der Waals surface area contributed by atoms with Gasteiger partial charge in [0.1, 0.15) is 5.75 Å². The number of aromatic amines is 1. The molecule has 4 nitrogen and oxygen atoms in total. The first-order chi connectivity index (χ1) is 12.3. The fourth-order valence-electron chi connectivity index (χ4n) is 2.86. The zero-order valence-electron chi connectivity index (χ0n) is 14.7. The normalized spacial score (nSPS) is 10.8. The number of unbranched alkanes of at least 4 members (excludes halogenated alkanes) is 3. The van der Waals surface area contributed by atoms with Crippen molar-refractivity contribution in [1.82, 2.24) is 10.2 Å². The first-order valence-corrected chi connectivity index (χ1v) is 8.92. The minimum Gasteiger partial charge on any atom is -0.493 e. The van der Waals surface area contributed by atoms with Crippen LogP contribution in [0.1, 0.15) is 32.6 Å². The minimum atomic E-state index is 0.734. The number of rotatable bonds is 8. The molecular weight excluding hydrogens is 310 g/mol. The monoisotopic (exact) mass is 335 g/mol. The van der Waals surface area contributed by atoms with Gasteiger partial charge in [0.25, 0.3) is 0 Å². The third-order valence-electron chi connectivity index (χ3n) is 4.25. The zero-order chi connectivity index (χ0) is 17.5. The van der Waals surface area contributed by atoms with Gasteiger partial charge in [-0.05, 0) is 30.7 Å². The van der Waals surface area contributed by atoms with E-state index in [0.717, 1.165) is 47.0 Å². The second-order valence-electron chi connectivity index (χ2n) is 6.16. The number of H-pyrrole nitrogens is 1. The largest absolute Gasteiger partial charge is 0.493 e. The summed E-state index contributed by atoms with van der Waals surface area (Å²) in [5.74, 6) is 0.873. The van der Waals surface area contributed by atoms with E-state index in [4.69, 9.17) is 10.5 Å². The molecule has 1 heterocycles. The highest BCUT2D eigenvalue weighted by Crippen LogP contribution is 2.32. The molecule has 0 radical (unpaired) electrons. The van der Waals surface area contributed by atoms with Crippen LogP contribution in [0, 0.1) is 0 Å². The van der Waals surface area contributed by atoms with Gasteiger partial charge in [0.15, 0.2) is 0 Å². The molecule has 0 spiro atoms. The van der Waals surface area contributed by atoms with Crippen molar-refractivity contribution in [2.45, 2.75) is 32.6 Å². The van der Waals surface area contributed by atoms with E-state index in [2.05, 4.69) is 17.1 Å². The number of ether oxygens (including phenoxy) is 1. The van der Waals surface area contributed by atoms with E-state index in [1.165, 1.54) is 19.3 Å². The summed E-state index contributed by atoms with van der Waals surface area (Å²) in [6.45, 7) is 2.95. The number of nitrogens with one attached hydrogen (secondary N) is 1. The lowest BCUT2D eigenvalue weighted by Crippen LogP contribution is -1.98. The summed E-state index contributed by atoms with van der Waals surface area (Å²) >= 11 is 0. The van der Waals surface area contributed by atoms with E-state index >= 15 is 0 Å². The van der Waals surface area contributed by atoms with Crippen molar-refractivity contribution in [3.8, 4) is 28.3 Å². The molecule has 2 aromatic carbocycles. The topological polar surface area (TPSA) is 63.9 Å². The number of nitrogen functional groups attached to an aromatic ring is 1. The molecule has 0 fully saturated rings. The molecule has 4 heteroatoms. The zero-order valence-corrected chi connectivity index (χ0v) is 14.7. The summed E-state index contributed by atoms with van der Waals surface area (Å²) in [6.07, 6.45) is 4.77. The van der Waals surface area contributed by atoms with Crippen molar-refractivity contribution >= 4 is 5.69 Å². The highest BCUT2D eigenvalue weighted by atomic mass is 16.5. The number of para-hydroxylation sites is 2. The predicted octanol–water partition coefficient (Wildman–Crippen LogP) is 5.29. The molecule has 0 amide bonds. The Morgan fingerprint density at radius 2 is 1.72 bits per heavy atom. The second-order valence-corrected chi connectivity index (χ2v) is 6.16. The maximum Gasteiger partial charge on any atom is 0.128 e. The summed E-state index contributed by atoms with van der Waals surface area (Å²) in [5.41, 5.74) is 10.5. The van der Waals surface area contributed by atoms with E-state index in [1.807, 2.05) is 54.6 Å². The molecule has 0 aliphatic heterocycles. The minimum absolute atomic E-state index is 0.734. The van der Waals surface area contributed by atoms with Crippen LogP contribution in [0.3, 0.4) is 0 Å². The number of nitrogens with two attached hydrogens (primary N) is 1. The molecule has 25 heavy (non-hydrogen) atoms. The molecule has 0 saturated heterocycles. The number of anilines is 1. The molecule has 0 aliphatic rings. The molecule has 1 aromatic heterocycles. The quantitative estimate of drug-likeness (QED) is 0.434. The van der Waals surface area contributed by atoms with Gasteiger partial charge >= 0.3 is 0 Å². The van der Waals surface area contributed by atoms with Crippen LogP contribution in [0.4, 0.5) is 5.69 Å². The SMILES string of the molecule is CCCCCCOc1ccccc1-c1cc(-c2ccccc2N)[nH]n1. The van der Waals surface area contributed by atoms with Crippen LogP contribution in [-0.4, -0.2) is 16.8 Å². The number of hydrogen-bond acceptors (Lipinski definition) is 3. The van der Waals surface area contributed by atoms with Crippen molar-refractivity contribution in [2.75, 3.05) is 12.3 Å². The van der Waals surface area contributed by atoms with E-state index in [0.29, 0.717) is 0 Å². The van der Waals surface area contributed by atoms with Crippen molar-refractivity contribution in [2.24, 2.45) is 0 Å². The lowest BCUT2D eigenvalue weighted by atomic mass is 10.1. The van der Waals surface area contributed by atoms with Crippen LogP contribution >= 0.6 is 0 Å². The summed E-state index contributed by atoms with van der Waals surface area (Å²) in [7, 11) is 0. The van der Waals surface area contributed by atoms with Crippen LogP contribution in [-0.2, 0) is 0 Å². The molecule has 130 valence electrons. The van der Waals surface area contributed by atoms with Crippen LogP contribution in [0.2, 0.25) is 0 Å². The average molecular weight is 335 g/mol. The lowest BCUT2D eigenvalue weighted by Gasteiger charge is -2.09. The Kier molecular flexibility index (Phi) is 5.73. The van der Waals surface area contributed by atoms with Crippen LogP contribution < -0.4 is 10.5 Å². The number of benzene rings is 2. The summed E-state index contributed by atoms with van der Waals surface area (Å²) in [6, 6.07) is 17.8. The van der Waals surface area contributed by atoms with Gasteiger partial charge in [-0.2, -0.15) is 5.10 Å². The third kappa shape index (κ3) is 4.21. The smallest absolute Gasteiger partial charge is 0.128 e. The van der Waals surface area contributed by atoms with Crippen LogP contribution in [0.15, 0.2) is 54.6 Å². The summed E-state index contributed by atoms with van der Waals surface area (Å²) < 4.78 is 6.00. The third-order valence-corrected chi connectivity index (χ3v) is 4.25. The molecule has 0 saturated carbocycles. The molecular formula is C21H25N3O. The van der Waals surface area contributed by atoms with Gasteiger partial charge in [-0.15, -0.1) is 0 Å². The predicted molar refractivity (Wildman–Crippen MR) is 104 cm³/mol. The van der Waals surface area contributed by atoms with Crippen molar-refractivity contribution in [3.63, 3.8) is 0 Å². The number of hydrogen-bond donors (Lipinski definition) is 2. The van der Waals surface area contributed by atoms with Crippen molar-refractivity contribution in [1.29, 1.82) is 0 Å². The van der Waals surface area contributed by atoms with Gasteiger partial charge in [-0.1, -0.05) is 56.5 Å². The Balaban J connectivity index is 1.77. The van der Waals surface area contributed by atoms with Gasteiger partial charge in [-0.25, -0.2) is 0 Å². The fraction of sp³-hybridized carbons (Fsp3) is 0.286. The van der Waals surface area contributed by atoms with Gasteiger partial charge in [-0.3, -0.25) is 5.10 Å². The maximum atomic E-state index is 6.06. The molecule has 3 aromatic rings. The molecule has 0 aliphatic carbocycles. The Labute approximate surface area is 149 Å². The van der Waals surface area contributed by atoms with Gasteiger partial charge in [0, 0.05) is 16.8 Å². The second kappa shape index (κ2) is 8.38. The van der Waals surface area contributed by atoms with Gasteiger partial charge < -0.3 is 10.5 Å². The van der Waals surface area contributed by atoms with E-state index in [9.17, 15) is 0 Å². The van der Waals surface area contributed by atoms with E-state index < -0.39 is 0 Å². The molecule has 0 bridgehead atoms. The summed E-state index contributed by atoms with van der Waals surface area (Å²) in [4.78, 5) is 0. The molecule has 3 N–H and O–H groups in total. The van der Waals surface area contributed by atoms with Crippen molar-refractivity contribution < 1.29 is 4.74 Å². The Morgan fingerprint density at radius 1 is 0.960 bits per heavy atom. The fourth-order valence-corrected chi connectivity index (χ4v) is 2.86. The van der Waals surface area contributed by atoms with Crippen LogP contribution in [0.5, 0.6) is 5.75 Å². The molecule has 3 rings (SSSR count). The van der Waals surface area contributed by atoms with E-state index in [1.54, 1.807) is 0 Å². The Hall–Kier alpha value is -2.75. The van der Waals surface area contributed by atoms with Crippen molar-refractivity contribution in [3.05, 3.63) is 54.6 Å². The lowest BCUT2D eigenvalue weighted by molar-refractivity contribution is 0.306. The highest BCUT2D eigenvalue weighted by Gasteiger charge is 2.11. The highest BCUT2D eigenvalue weighted by molar-refractivity contribution is 5.77. The Morgan fingerprint density at radius 3 is 2.52 bits per heavy atom. The first-order valence-electron chi connectivity index (χ1n) is 8.92. The molecule has 0 unspecified atom stereocenters. The van der Waals surface area contributed by atoms with E-state index in [-0.39, 0.29) is 0 Å². The van der Waals surface area contributed by atoms with Crippen LogP contribution in [0.25, 0.3) is 22.5 Å².